The second-order valence-electron chi connectivity index (χ2n) is 2.08. The molecule has 10 heavy (non-hydrogen) atoms. The third-order valence-electron chi connectivity index (χ3n) is 1.46. The first-order chi connectivity index (χ1) is 4.75. The first kappa shape index (κ1) is 7.73. The van der Waals surface area contributed by atoms with E-state index >= 15 is 0 Å². The fourth-order valence-electron chi connectivity index (χ4n) is 0.873. The zero-order valence-corrected chi connectivity index (χ0v) is 7.64. The summed E-state index contributed by atoms with van der Waals surface area (Å²) in [5, 5.41) is 0. The molecule has 0 spiro atoms. The van der Waals surface area contributed by atoms with Gasteiger partial charge in [-0.15, -0.1) is 0 Å². The molecule has 0 aliphatic carbocycles. The van der Waals surface area contributed by atoms with Crippen molar-refractivity contribution in [2.45, 2.75) is 13.3 Å². The Morgan fingerprint density at radius 2 is 2.30 bits per heavy atom. The van der Waals surface area contributed by atoms with E-state index in [0.29, 0.717) is 0 Å². The maximum Gasteiger partial charge on any atom is 0.164 e. The molecule has 0 N–H and O–H groups in total. The van der Waals surface area contributed by atoms with Gasteiger partial charge in [0.2, 0.25) is 0 Å². The smallest absolute Gasteiger partial charge is 0.164 e. The number of aromatic nitrogens is 2. The lowest BCUT2D eigenvalue weighted by atomic mass is 9.98. The largest absolute Gasteiger partial charge is 0.252 e. The van der Waals surface area contributed by atoms with E-state index in [4.69, 9.17) is 0 Å². The summed E-state index contributed by atoms with van der Waals surface area (Å²) in [5.41, 5.74) is 2.26. The van der Waals surface area contributed by atoms with Crippen LogP contribution in [-0.2, 0) is 6.42 Å². The van der Waals surface area contributed by atoms with Gasteiger partial charge in [-0.2, -0.15) is 0 Å². The minimum absolute atomic E-state index is 0.919. The first-order valence-corrected chi connectivity index (χ1v) is 4.01. The van der Waals surface area contributed by atoms with Crippen molar-refractivity contribution in [2.24, 2.45) is 0 Å². The predicted octanol–water partition coefficient (Wildman–Crippen LogP) is 0.0599. The monoisotopic (exact) mass is 198 g/mol. The van der Waals surface area contributed by atoms with Gasteiger partial charge < -0.3 is 0 Å². The summed E-state index contributed by atoms with van der Waals surface area (Å²) in [6, 6.07) is 0. The molecule has 1 aromatic rings. The Labute approximate surface area is 69.6 Å². The van der Waals surface area contributed by atoms with E-state index in [1.165, 1.54) is 5.56 Å². The lowest BCUT2D eigenvalue weighted by molar-refractivity contribution is 1.05. The van der Waals surface area contributed by atoms with Gasteiger partial charge in [0, 0.05) is 5.59 Å². The van der Waals surface area contributed by atoms with E-state index in [0.717, 1.165) is 16.6 Å². The molecule has 1 aromatic heterocycles. The van der Waals surface area contributed by atoms with Crippen LogP contribution in [0.25, 0.3) is 0 Å². The van der Waals surface area contributed by atoms with Crippen molar-refractivity contribution in [3.05, 3.63) is 16.5 Å². The molecule has 1 heterocycles. The number of hydrogen-bond donors (Lipinski definition) is 0. The normalized spacial score (nSPS) is 9.80. The molecule has 0 radical (unpaired) electrons. The summed E-state index contributed by atoms with van der Waals surface area (Å²) in [4.78, 5) is 8.09. The van der Waals surface area contributed by atoms with Crippen LogP contribution < -0.4 is 5.59 Å². The van der Waals surface area contributed by atoms with E-state index in [2.05, 4.69) is 32.8 Å². The Bertz CT molecular complexity index is 219. The highest BCUT2D eigenvalue weighted by atomic mass is 79.9. The van der Waals surface area contributed by atoms with Gasteiger partial charge in [0.15, 0.2) is 7.85 Å². The molecule has 0 fully saturated rings. The Hall–Kier alpha value is -0.375. The van der Waals surface area contributed by atoms with E-state index in [1.807, 2.05) is 7.85 Å². The maximum atomic E-state index is 4.07. The van der Waals surface area contributed by atoms with E-state index in [1.54, 1.807) is 6.33 Å². The van der Waals surface area contributed by atoms with Crippen LogP contribution >= 0.6 is 15.9 Å². The zero-order valence-electron chi connectivity index (χ0n) is 6.06. The number of halogens is 1. The van der Waals surface area contributed by atoms with Crippen molar-refractivity contribution in [1.29, 1.82) is 0 Å². The highest BCUT2D eigenvalue weighted by Gasteiger charge is 2.00. The maximum absolute atomic E-state index is 4.07. The third kappa shape index (κ3) is 1.37. The van der Waals surface area contributed by atoms with Gasteiger partial charge in [0.1, 0.15) is 10.9 Å². The Morgan fingerprint density at radius 1 is 1.60 bits per heavy atom. The molecule has 0 aromatic carbocycles. The van der Waals surface area contributed by atoms with Crippen LogP contribution in [-0.4, -0.2) is 17.8 Å². The average Bonchev–Trinajstić information content (AvgIpc) is 1.88. The zero-order chi connectivity index (χ0) is 7.56. The molecule has 0 saturated heterocycles. The molecular formula is C6H8BBrN2. The number of hydrogen-bond acceptors (Lipinski definition) is 2. The first-order valence-electron chi connectivity index (χ1n) is 3.21. The summed E-state index contributed by atoms with van der Waals surface area (Å²) < 4.78 is 0.919. The Morgan fingerprint density at radius 3 is 2.70 bits per heavy atom. The van der Waals surface area contributed by atoms with Crippen LogP contribution in [0.2, 0.25) is 0 Å². The van der Waals surface area contributed by atoms with Gasteiger partial charge in [-0.05, 0) is 27.9 Å². The Kier molecular flexibility index (Phi) is 2.43. The topological polar surface area (TPSA) is 25.8 Å². The molecule has 0 saturated carbocycles. The summed E-state index contributed by atoms with van der Waals surface area (Å²) in [6.07, 6.45) is 2.55. The van der Waals surface area contributed by atoms with Crippen molar-refractivity contribution in [2.75, 3.05) is 0 Å². The fourth-order valence-corrected chi connectivity index (χ4v) is 1.53. The molecule has 0 unspecified atom stereocenters. The van der Waals surface area contributed by atoms with Crippen LogP contribution in [0.15, 0.2) is 10.9 Å². The standard InChI is InChI=1S/C6H8BBrN2/c1-2-4-5(7)9-3-10-6(4)8/h3H,2,7H2,1H3. The highest BCUT2D eigenvalue weighted by Crippen LogP contribution is 2.08. The van der Waals surface area contributed by atoms with E-state index in [9.17, 15) is 0 Å². The minimum Gasteiger partial charge on any atom is -0.252 e. The highest BCUT2D eigenvalue weighted by molar-refractivity contribution is 9.10. The lowest BCUT2D eigenvalue weighted by Crippen LogP contribution is -2.15. The molecule has 0 bridgehead atoms. The van der Waals surface area contributed by atoms with Crippen LogP contribution in [0.3, 0.4) is 0 Å². The molecule has 4 heteroatoms. The second-order valence-corrected chi connectivity index (χ2v) is 2.83. The SMILES string of the molecule is Bc1ncnc(Br)c1CC. The molecule has 0 atom stereocenters. The summed E-state index contributed by atoms with van der Waals surface area (Å²) in [5.74, 6) is 0. The van der Waals surface area contributed by atoms with Crippen molar-refractivity contribution in [3.8, 4) is 0 Å². The quantitative estimate of drug-likeness (QED) is 0.472. The van der Waals surface area contributed by atoms with Gasteiger partial charge >= 0.3 is 0 Å². The van der Waals surface area contributed by atoms with Gasteiger partial charge in [-0.1, -0.05) is 6.92 Å². The molecule has 1 rings (SSSR count). The average molecular weight is 199 g/mol. The van der Waals surface area contributed by atoms with Crippen molar-refractivity contribution < 1.29 is 0 Å². The second kappa shape index (κ2) is 3.15. The van der Waals surface area contributed by atoms with Gasteiger partial charge in [-0.3, -0.25) is 4.98 Å². The van der Waals surface area contributed by atoms with E-state index in [-0.39, 0.29) is 0 Å². The van der Waals surface area contributed by atoms with Crippen molar-refractivity contribution in [3.63, 3.8) is 0 Å². The summed E-state index contributed by atoms with van der Waals surface area (Å²) in [6.45, 7) is 2.09. The molecular weight excluding hydrogens is 191 g/mol. The molecule has 0 aliphatic heterocycles. The van der Waals surface area contributed by atoms with Crippen molar-refractivity contribution in [1.82, 2.24) is 9.97 Å². The number of nitrogens with zero attached hydrogens (tertiary/aromatic N) is 2. The number of rotatable bonds is 1. The van der Waals surface area contributed by atoms with Gasteiger partial charge in [0.05, 0.1) is 0 Å². The molecule has 2 nitrogen and oxygen atoms in total. The molecule has 0 amide bonds. The third-order valence-corrected chi connectivity index (χ3v) is 2.15. The van der Waals surface area contributed by atoms with Crippen LogP contribution in [0.1, 0.15) is 12.5 Å². The van der Waals surface area contributed by atoms with Crippen molar-refractivity contribution >= 4 is 29.4 Å². The Balaban J connectivity index is 3.17. The fraction of sp³-hybridized carbons (Fsp3) is 0.333. The van der Waals surface area contributed by atoms with Crippen LogP contribution in [0.4, 0.5) is 0 Å². The molecule has 0 aliphatic rings. The lowest BCUT2D eigenvalue weighted by Gasteiger charge is -2.01. The van der Waals surface area contributed by atoms with Gasteiger partial charge in [-0.25, -0.2) is 4.98 Å². The predicted molar refractivity (Wildman–Crippen MR) is 47.3 cm³/mol. The molecule has 52 valence electrons. The van der Waals surface area contributed by atoms with Gasteiger partial charge in [0.25, 0.3) is 0 Å². The minimum atomic E-state index is 0.919. The van der Waals surface area contributed by atoms with Crippen LogP contribution in [0.5, 0.6) is 0 Å². The van der Waals surface area contributed by atoms with Crippen LogP contribution in [0, 0.1) is 0 Å². The van der Waals surface area contributed by atoms with E-state index < -0.39 is 0 Å². The summed E-state index contributed by atoms with van der Waals surface area (Å²) in [7, 11) is 1.99. The summed E-state index contributed by atoms with van der Waals surface area (Å²) >= 11 is 3.36.